The molecule has 0 spiro atoms. The zero-order valence-corrected chi connectivity index (χ0v) is 14.1. The van der Waals surface area contributed by atoms with Gasteiger partial charge in [-0.1, -0.05) is 40.2 Å². The topological polar surface area (TPSA) is 52.6 Å². The van der Waals surface area contributed by atoms with Crippen LogP contribution in [-0.4, -0.2) is 17.6 Å². The monoisotopic (exact) mass is 370 g/mol. The molecule has 5 heteroatoms. The van der Waals surface area contributed by atoms with Gasteiger partial charge in [-0.2, -0.15) is 0 Å². The fourth-order valence-corrected chi connectivity index (χ4v) is 2.96. The minimum Gasteiger partial charge on any atom is -0.501 e. The van der Waals surface area contributed by atoms with Crippen LogP contribution >= 0.6 is 15.9 Å². The van der Waals surface area contributed by atoms with Crippen molar-refractivity contribution in [2.24, 2.45) is 0 Å². The molecular formula is C18H15BrN2O2. The molecular weight excluding hydrogens is 356 g/mol. The van der Waals surface area contributed by atoms with Crippen LogP contribution in [-0.2, 0) is 4.79 Å². The second kappa shape index (κ2) is 6.32. The van der Waals surface area contributed by atoms with Crippen molar-refractivity contribution in [3.05, 3.63) is 70.0 Å². The molecule has 1 heterocycles. The summed E-state index contributed by atoms with van der Waals surface area (Å²) in [6.45, 7) is 2.45. The van der Waals surface area contributed by atoms with Crippen molar-refractivity contribution >= 4 is 39.0 Å². The average molecular weight is 371 g/mol. The third-order valence-electron chi connectivity index (χ3n) is 3.60. The van der Waals surface area contributed by atoms with Crippen LogP contribution in [0.3, 0.4) is 0 Å². The van der Waals surface area contributed by atoms with Crippen LogP contribution < -0.4 is 10.2 Å². The second-order valence-electron chi connectivity index (χ2n) is 5.02. The molecule has 0 saturated carbocycles. The number of carbonyl (C=O) groups is 1. The van der Waals surface area contributed by atoms with E-state index in [0.29, 0.717) is 12.1 Å². The molecule has 0 atom stereocenters. The van der Waals surface area contributed by atoms with Crippen LogP contribution in [0.4, 0.5) is 11.4 Å². The Bertz CT molecular complexity index is 838. The van der Waals surface area contributed by atoms with Crippen LogP contribution in [0.5, 0.6) is 0 Å². The average Bonchev–Trinajstić information content (AvgIpc) is 2.56. The summed E-state index contributed by atoms with van der Waals surface area (Å²) in [6.07, 6.45) is 0. The number of nitrogens with zero attached hydrogens (tertiary/aromatic N) is 1. The summed E-state index contributed by atoms with van der Waals surface area (Å²) in [5, 5.41) is 13.4. The van der Waals surface area contributed by atoms with Gasteiger partial charge in [0, 0.05) is 16.6 Å². The SMILES string of the molecule is CCN1C(=O)C(=C=C(O)c2ccccc2Br)Nc2ccccc21. The van der Waals surface area contributed by atoms with E-state index < -0.39 is 0 Å². The molecule has 2 aromatic rings. The standard InChI is InChI=1S/C18H15BrN2O2/c1-2-21-16-10-6-5-9-14(16)20-15(18(21)23)11-17(22)12-7-3-4-8-13(12)19/h3-10,20,22H,2H2,1H3. The molecule has 1 aliphatic rings. The molecule has 1 aliphatic heterocycles. The van der Waals surface area contributed by atoms with Gasteiger partial charge in [-0.15, -0.1) is 0 Å². The van der Waals surface area contributed by atoms with Gasteiger partial charge in [-0.3, -0.25) is 4.79 Å². The third-order valence-corrected chi connectivity index (χ3v) is 4.29. The number of likely N-dealkylation sites (N-methyl/N-ethyl adjacent to an activating group) is 1. The van der Waals surface area contributed by atoms with E-state index in [4.69, 9.17) is 0 Å². The minimum atomic E-state index is -0.218. The van der Waals surface area contributed by atoms with Crippen molar-refractivity contribution in [2.75, 3.05) is 16.8 Å². The highest BCUT2D eigenvalue weighted by Crippen LogP contribution is 2.32. The smallest absolute Gasteiger partial charge is 0.283 e. The highest BCUT2D eigenvalue weighted by atomic mass is 79.9. The molecule has 0 aliphatic carbocycles. The quantitative estimate of drug-likeness (QED) is 0.470. The number of fused-ring (bicyclic) bond motifs is 1. The minimum absolute atomic E-state index is 0.0937. The Morgan fingerprint density at radius 2 is 1.91 bits per heavy atom. The Labute approximate surface area is 142 Å². The fourth-order valence-electron chi connectivity index (χ4n) is 2.48. The third kappa shape index (κ3) is 2.89. The van der Waals surface area contributed by atoms with Crippen molar-refractivity contribution in [3.63, 3.8) is 0 Å². The predicted octanol–water partition coefficient (Wildman–Crippen LogP) is 4.31. The molecule has 0 saturated heterocycles. The van der Waals surface area contributed by atoms with E-state index in [1.807, 2.05) is 49.4 Å². The Balaban J connectivity index is 2.12. The zero-order valence-electron chi connectivity index (χ0n) is 12.5. The number of hydrogen-bond donors (Lipinski definition) is 2. The molecule has 23 heavy (non-hydrogen) atoms. The molecule has 116 valence electrons. The number of rotatable bonds is 2. The van der Waals surface area contributed by atoms with E-state index in [-0.39, 0.29) is 17.4 Å². The summed E-state index contributed by atoms with van der Waals surface area (Å²) in [7, 11) is 0. The lowest BCUT2D eigenvalue weighted by Gasteiger charge is -2.29. The summed E-state index contributed by atoms with van der Waals surface area (Å²) >= 11 is 3.38. The maximum Gasteiger partial charge on any atom is 0.283 e. The Morgan fingerprint density at radius 1 is 1.22 bits per heavy atom. The van der Waals surface area contributed by atoms with Gasteiger partial charge in [-0.25, -0.2) is 0 Å². The highest BCUT2D eigenvalue weighted by molar-refractivity contribution is 9.10. The van der Waals surface area contributed by atoms with Gasteiger partial charge in [-0.05, 0) is 36.9 Å². The second-order valence-corrected chi connectivity index (χ2v) is 5.87. The van der Waals surface area contributed by atoms with E-state index in [1.165, 1.54) is 0 Å². The molecule has 0 unspecified atom stereocenters. The number of aliphatic hydroxyl groups excluding tert-OH is 1. The van der Waals surface area contributed by atoms with E-state index in [2.05, 4.69) is 27.0 Å². The largest absolute Gasteiger partial charge is 0.501 e. The summed E-state index contributed by atoms with van der Waals surface area (Å²) in [5.41, 5.74) is 5.23. The first-order valence-electron chi connectivity index (χ1n) is 7.24. The van der Waals surface area contributed by atoms with Gasteiger partial charge < -0.3 is 15.3 Å². The summed E-state index contributed by atoms with van der Waals surface area (Å²) < 4.78 is 0.738. The van der Waals surface area contributed by atoms with E-state index in [1.54, 1.807) is 11.0 Å². The van der Waals surface area contributed by atoms with Gasteiger partial charge in [0.25, 0.3) is 5.91 Å². The molecule has 3 rings (SSSR count). The molecule has 1 amide bonds. The molecule has 0 fully saturated rings. The van der Waals surface area contributed by atoms with E-state index in [0.717, 1.165) is 15.8 Å². The van der Waals surface area contributed by atoms with Crippen molar-refractivity contribution in [2.45, 2.75) is 6.92 Å². The van der Waals surface area contributed by atoms with Gasteiger partial charge in [0.05, 0.1) is 11.4 Å². The van der Waals surface area contributed by atoms with Crippen LogP contribution in [0.25, 0.3) is 5.76 Å². The molecule has 2 aromatic carbocycles. The van der Waals surface area contributed by atoms with E-state index >= 15 is 0 Å². The summed E-state index contributed by atoms with van der Waals surface area (Å²) in [4.78, 5) is 14.3. The van der Waals surface area contributed by atoms with Crippen molar-refractivity contribution in [1.82, 2.24) is 0 Å². The maximum absolute atomic E-state index is 12.6. The lowest BCUT2D eigenvalue weighted by Crippen LogP contribution is -2.37. The number of hydrogen-bond acceptors (Lipinski definition) is 3. The van der Waals surface area contributed by atoms with Crippen LogP contribution in [0.1, 0.15) is 12.5 Å². The first-order valence-corrected chi connectivity index (χ1v) is 8.03. The van der Waals surface area contributed by atoms with Gasteiger partial charge in [0.15, 0.2) is 11.5 Å². The van der Waals surface area contributed by atoms with Crippen LogP contribution in [0, 0.1) is 0 Å². The number of anilines is 2. The van der Waals surface area contributed by atoms with E-state index in [9.17, 15) is 9.90 Å². The Morgan fingerprint density at radius 3 is 2.65 bits per heavy atom. The van der Waals surface area contributed by atoms with Crippen molar-refractivity contribution < 1.29 is 9.90 Å². The number of carbonyl (C=O) groups excluding carboxylic acids is 1. The molecule has 2 N–H and O–H groups in total. The van der Waals surface area contributed by atoms with Gasteiger partial charge in [0.1, 0.15) is 0 Å². The lowest BCUT2D eigenvalue weighted by molar-refractivity contribution is -0.115. The zero-order chi connectivity index (χ0) is 16.4. The normalized spacial score (nSPS) is 13.2. The van der Waals surface area contributed by atoms with Crippen LogP contribution in [0.2, 0.25) is 0 Å². The number of para-hydroxylation sites is 2. The number of aliphatic hydroxyl groups is 1. The maximum atomic E-state index is 12.6. The Hall–Kier alpha value is -2.49. The van der Waals surface area contributed by atoms with Gasteiger partial charge >= 0.3 is 0 Å². The number of nitrogens with one attached hydrogen (secondary N) is 1. The number of benzene rings is 2. The number of amides is 1. The first-order chi connectivity index (χ1) is 11.1. The van der Waals surface area contributed by atoms with Crippen molar-refractivity contribution in [3.8, 4) is 0 Å². The molecule has 0 aromatic heterocycles. The van der Waals surface area contributed by atoms with Gasteiger partial charge in [0.2, 0.25) is 0 Å². The number of halogens is 1. The molecule has 0 bridgehead atoms. The van der Waals surface area contributed by atoms with Crippen molar-refractivity contribution in [1.29, 1.82) is 0 Å². The molecule has 4 nitrogen and oxygen atoms in total. The highest BCUT2D eigenvalue weighted by Gasteiger charge is 2.26. The fraction of sp³-hybridized carbons (Fsp3) is 0.111. The predicted molar refractivity (Wildman–Crippen MR) is 95.3 cm³/mol. The lowest BCUT2D eigenvalue weighted by atomic mass is 10.1. The summed E-state index contributed by atoms with van der Waals surface area (Å²) in [6, 6.07) is 14.8. The molecule has 0 radical (unpaired) electrons. The first kappa shape index (κ1) is 15.4. The summed E-state index contributed by atoms with van der Waals surface area (Å²) in [5.74, 6) is -0.312. The van der Waals surface area contributed by atoms with Crippen LogP contribution in [0.15, 0.2) is 64.4 Å². The Kier molecular flexibility index (Phi) is 4.24.